The van der Waals surface area contributed by atoms with Crippen molar-refractivity contribution in [3.8, 4) is 0 Å². The van der Waals surface area contributed by atoms with Gasteiger partial charge in [0.05, 0.1) is 0 Å². The van der Waals surface area contributed by atoms with Gasteiger partial charge < -0.3 is 0 Å². The van der Waals surface area contributed by atoms with Crippen LogP contribution < -0.4 is 0 Å². The maximum Gasteiger partial charge on any atom is -0.0398 e. The Labute approximate surface area is 170 Å². The van der Waals surface area contributed by atoms with E-state index in [-0.39, 0.29) is 0 Å². The number of hydrogen-bond donors (Lipinski definition) is 0. The Kier molecular flexibility index (Phi) is 21.5. The Morgan fingerprint density at radius 2 is 0.958 bits per heavy atom. The molecule has 24 heavy (non-hydrogen) atoms. The smallest absolute Gasteiger partial charge is 0.0398 e. The zero-order valence-corrected chi connectivity index (χ0v) is 19.0. The molecule has 0 saturated carbocycles. The summed E-state index contributed by atoms with van der Waals surface area (Å²) < 4.78 is 1.51. The molecule has 0 aliphatic rings. The van der Waals surface area contributed by atoms with Gasteiger partial charge in [-0.1, -0.05) is 62.1 Å². The molecule has 0 aliphatic heterocycles. The second-order valence-corrected chi connectivity index (χ2v) is 8.25. The van der Waals surface area contributed by atoms with Gasteiger partial charge in [0.25, 0.3) is 0 Å². The fraction of sp³-hybridized carbons (Fsp3) is 0.739. The zero-order valence-electron chi connectivity index (χ0n) is 17.0. The maximum atomic E-state index is 2.29. The third kappa shape index (κ3) is 20.3. The van der Waals surface area contributed by atoms with Crippen molar-refractivity contribution in [3.05, 3.63) is 35.9 Å². The summed E-state index contributed by atoms with van der Waals surface area (Å²) in [5, 5.41) is 0. The van der Waals surface area contributed by atoms with Gasteiger partial charge in [-0.05, 0) is 6.92 Å². The van der Waals surface area contributed by atoms with Crippen molar-refractivity contribution in [2.45, 2.75) is 107 Å². The Hall–Kier alpha value is 0.220. The standard InChI is InChI=1S/C16H33.C7H8.Na/c1-3-5-7-9-11-13-15-16-14-12-10-8-6-4-2;1-7-5-3-2-4-6-7;/h1,3-16H2,2H3;2-6H,1H3;. The molecule has 134 valence electrons. The Bertz CT molecular complexity index is 306. The first kappa shape index (κ1) is 24.2. The summed E-state index contributed by atoms with van der Waals surface area (Å²) in [6, 6.07) is 10.3. The van der Waals surface area contributed by atoms with Crippen LogP contribution >= 0.6 is 0 Å². The average Bonchev–Trinajstić information content (AvgIpc) is 2.60. The molecule has 0 N–H and O–H groups in total. The van der Waals surface area contributed by atoms with Gasteiger partial charge in [0.15, 0.2) is 0 Å². The molecule has 1 rings (SSSR count). The molecule has 0 unspecified atom stereocenters. The third-order valence-electron chi connectivity index (χ3n) is 4.65. The SMILES string of the molecule is CCCCCCCCCCCCCCC[CH2][Na].Cc1ccccc1. The first-order valence-electron chi connectivity index (χ1n) is 10.8. The van der Waals surface area contributed by atoms with E-state index in [0.717, 1.165) is 0 Å². The topological polar surface area (TPSA) is 0 Å². The van der Waals surface area contributed by atoms with E-state index in [1.54, 1.807) is 0 Å². The number of aryl methyl sites for hydroxylation is 1. The Balaban J connectivity index is 0.000000620. The molecule has 1 heteroatoms. The van der Waals surface area contributed by atoms with E-state index in [4.69, 9.17) is 0 Å². The van der Waals surface area contributed by atoms with Gasteiger partial charge in [0.2, 0.25) is 0 Å². The van der Waals surface area contributed by atoms with Gasteiger partial charge in [-0.25, -0.2) is 0 Å². The van der Waals surface area contributed by atoms with Crippen molar-refractivity contribution in [1.29, 1.82) is 0 Å². The fourth-order valence-corrected chi connectivity index (χ4v) is 3.48. The molecule has 0 radical (unpaired) electrons. The molecule has 0 amide bonds. The number of unbranched alkanes of at least 4 members (excludes halogenated alkanes) is 13. The first-order valence-corrected chi connectivity index (χ1v) is 12.2. The van der Waals surface area contributed by atoms with Crippen molar-refractivity contribution in [3.63, 3.8) is 0 Å². The minimum Gasteiger partial charge on any atom is -0.0622 e. The molecule has 0 heterocycles. The minimum atomic E-state index is 1.32. The van der Waals surface area contributed by atoms with Crippen molar-refractivity contribution in [2.75, 3.05) is 0 Å². The van der Waals surface area contributed by atoms with E-state index in [9.17, 15) is 0 Å². The van der Waals surface area contributed by atoms with E-state index in [1.165, 1.54) is 127 Å². The Morgan fingerprint density at radius 3 is 1.25 bits per heavy atom. The summed E-state index contributed by atoms with van der Waals surface area (Å²) in [5.74, 6) is 0. The molecule has 0 bridgehead atoms. The van der Waals surface area contributed by atoms with Gasteiger partial charge in [-0.3, -0.25) is 0 Å². The van der Waals surface area contributed by atoms with E-state index < -0.39 is 0 Å². The van der Waals surface area contributed by atoms with E-state index in [1.807, 2.05) is 18.2 Å². The summed E-state index contributed by atoms with van der Waals surface area (Å²) in [6.45, 7) is 4.38. The van der Waals surface area contributed by atoms with Gasteiger partial charge in [0.1, 0.15) is 0 Å². The molecule has 1 aromatic rings. The maximum absolute atomic E-state index is 2.29. The van der Waals surface area contributed by atoms with Crippen molar-refractivity contribution in [2.24, 2.45) is 0 Å². The van der Waals surface area contributed by atoms with Crippen LogP contribution in [0.4, 0.5) is 0 Å². The summed E-state index contributed by atoms with van der Waals surface area (Å²) in [7, 11) is 0. The molecule has 0 atom stereocenters. The second-order valence-electron chi connectivity index (χ2n) is 7.25. The molecule has 0 aromatic heterocycles. The normalized spacial score (nSPS) is 10.3. The molecular formula is C23H41Na. The largest absolute Gasteiger partial charge is 0.0622 e. The van der Waals surface area contributed by atoms with Crippen LogP contribution in [0.1, 0.15) is 102 Å². The van der Waals surface area contributed by atoms with Gasteiger partial charge >= 0.3 is 102 Å². The number of benzene rings is 1. The summed E-state index contributed by atoms with van der Waals surface area (Å²) in [4.78, 5) is 0. The number of rotatable bonds is 14. The predicted octanol–water partition coefficient (Wildman–Crippen LogP) is 8.05. The van der Waals surface area contributed by atoms with Gasteiger partial charge in [-0.15, -0.1) is 0 Å². The van der Waals surface area contributed by atoms with Crippen LogP contribution in [0.5, 0.6) is 0 Å². The quantitative estimate of drug-likeness (QED) is 0.237. The van der Waals surface area contributed by atoms with E-state index >= 15 is 0 Å². The van der Waals surface area contributed by atoms with E-state index in [2.05, 4.69) is 26.0 Å². The monoisotopic (exact) mass is 340 g/mol. The summed E-state index contributed by atoms with van der Waals surface area (Å²) in [5.41, 5.74) is 1.32. The van der Waals surface area contributed by atoms with Crippen LogP contribution in [0.2, 0.25) is 3.67 Å². The van der Waals surface area contributed by atoms with Crippen molar-refractivity contribution in [1.82, 2.24) is 0 Å². The van der Waals surface area contributed by atoms with Crippen LogP contribution in [-0.4, -0.2) is 27.9 Å². The number of hydrogen-bond acceptors (Lipinski definition) is 0. The zero-order chi connectivity index (χ0) is 17.7. The average molecular weight is 341 g/mol. The van der Waals surface area contributed by atoms with Crippen LogP contribution in [0.25, 0.3) is 0 Å². The molecule has 0 fully saturated rings. The summed E-state index contributed by atoms with van der Waals surface area (Å²) in [6.07, 6.45) is 20.7. The molecule has 1 aromatic carbocycles. The van der Waals surface area contributed by atoms with Crippen molar-refractivity contribution < 1.29 is 0 Å². The Morgan fingerprint density at radius 1 is 0.583 bits per heavy atom. The van der Waals surface area contributed by atoms with Crippen molar-refractivity contribution >= 4 is 27.9 Å². The van der Waals surface area contributed by atoms with Gasteiger partial charge in [0, 0.05) is 0 Å². The van der Waals surface area contributed by atoms with Crippen LogP contribution in [-0.2, 0) is 0 Å². The molecule has 0 nitrogen and oxygen atoms in total. The van der Waals surface area contributed by atoms with Crippen LogP contribution in [0.15, 0.2) is 30.3 Å². The molecule has 0 spiro atoms. The molecular weight excluding hydrogens is 299 g/mol. The fourth-order valence-electron chi connectivity index (χ4n) is 2.98. The van der Waals surface area contributed by atoms with E-state index in [0.29, 0.717) is 0 Å². The first-order chi connectivity index (χ1) is 11.8. The van der Waals surface area contributed by atoms with Crippen LogP contribution in [0, 0.1) is 6.92 Å². The predicted molar refractivity (Wildman–Crippen MR) is 112 cm³/mol. The minimum absolute atomic E-state index is 1.32. The van der Waals surface area contributed by atoms with Gasteiger partial charge in [-0.2, -0.15) is 0 Å². The molecule has 0 saturated heterocycles. The third-order valence-corrected chi connectivity index (χ3v) is 5.35. The summed E-state index contributed by atoms with van der Waals surface area (Å²) >= 11 is 1.41. The van der Waals surface area contributed by atoms with Crippen LogP contribution in [0.3, 0.4) is 0 Å². The second kappa shape index (κ2) is 21.3. The molecule has 0 aliphatic carbocycles.